The number of ether oxygens (including phenoxy) is 1. The highest BCUT2D eigenvalue weighted by molar-refractivity contribution is 9.10. The fourth-order valence-corrected chi connectivity index (χ4v) is 5.34. The lowest BCUT2D eigenvalue weighted by atomic mass is 9.83. The number of carbonyl (C=O) groups is 1. The fourth-order valence-electron chi connectivity index (χ4n) is 4.71. The Balaban J connectivity index is 1.83. The van der Waals surface area contributed by atoms with Crippen molar-refractivity contribution < 1.29 is 24.9 Å². The average Bonchev–Trinajstić information content (AvgIpc) is 3.30. The van der Waals surface area contributed by atoms with Crippen molar-refractivity contribution in [2.45, 2.75) is 31.5 Å². The molecule has 4 atom stereocenters. The SMILES string of the molecule is COc1cc(C2C3C(NNC3c3cc(Cl)c(C)cc3O)C(=O)N2CCCO)cc(Br)c1O. The van der Waals surface area contributed by atoms with Gasteiger partial charge in [0, 0.05) is 29.7 Å². The Bertz CT molecular complexity index is 1050. The van der Waals surface area contributed by atoms with Gasteiger partial charge in [0.1, 0.15) is 11.8 Å². The van der Waals surface area contributed by atoms with Gasteiger partial charge in [0.15, 0.2) is 11.5 Å². The second-order valence-corrected chi connectivity index (χ2v) is 9.35. The molecule has 0 spiro atoms. The molecule has 10 heteroatoms. The summed E-state index contributed by atoms with van der Waals surface area (Å²) in [4.78, 5) is 15.1. The van der Waals surface area contributed by atoms with Crippen LogP contribution in [0.1, 0.15) is 35.2 Å². The third-order valence-corrected chi connectivity index (χ3v) is 7.24. The Kier molecular flexibility index (Phi) is 6.56. The maximum absolute atomic E-state index is 13.3. The monoisotopic (exact) mass is 525 g/mol. The molecule has 5 N–H and O–H groups in total. The number of amides is 1. The van der Waals surface area contributed by atoms with Crippen LogP contribution in [-0.2, 0) is 4.79 Å². The Morgan fingerprint density at radius 1 is 1.19 bits per heavy atom. The van der Waals surface area contributed by atoms with Crippen molar-refractivity contribution in [1.29, 1.82) is 0 Å². The Morgan fingerprint density at radius 2 is 1.91 bits per heavy atom. The highest BCUT2D eigenvalue weighted by Gasteiger charge is 2.55. The van der Waals surface area contributed by atoms with Gasteiger partial charge in [-0.2, -0.15) is 0 Å². The molecule has 2 fully saturated rings. The van der Waals surface area contributed by atoms with E-state index in [-0.39, 0.29) is 35.7 Å². The van der Waals surface area contributed by atoms with Gasteiger partial charge in [-0.25, -0.2) is 10.9 Å². The smallest absolute Gasteiger partial charge is 0.242 e. The number of fused-ring (bicyclic) bond motifs is 1. The number of aliphatic hydroxyl groups is 1. The van der Waals surface area contributed by atoms with Crippen LogP contribution in [0.25, 0.3) is 0 Å². The molecule has 32 heavy (non-hydrogen) atoms. The van der Waals surface area contributed by atoms with Crippen LogP contribution in [0.15, 0.2) is 28.7 Å². The number of nitrogens with zero attached hydrogens (tertiary/aromatic N) is 1. The largest absolute Gasteiger partial charge is 0.508 e. The highest BCUT2D eigenvalue weighted by Crippen LogP contribution is 2.51. The number of phenolic OH excluding ortho intramolecular Hbond substituents is 2. The van der Waals surface area contributed by atoms with Gasteiger partial charge in [0.25, 0.3) is 0 Å². The van der Waals surface area contributed by atoms with E-state index in [1.54, 1.807) is 29.2 Å². The number of methoxy groups -OCH3 is 1. The first kappa shape index (κ1) is 23.1. The number of aliphatic hydroxyl groups excluding tert-OH is 1. The van der Waals surface area contributed by atoms with E-state index >= 15 is 0 Å². The molecule has 2 heterocycles. The maximum atomic E-state index is 13.3. The summed E-state index contributed by atoms with van der Waals surface area (Å²) in [6.07, 6.45) is 0.428. The molecule has 0 saturated carbocycles. The number of hydrogen-bond donors (Lipinski definition) is 5. The van der Waals surface area contributed by atoms with E-state index < -0.39 is 18.1 Å². The number of aryl methyl sites for hydroxylation is 1. The van der Waals surface area contributed by atoms with Crippen molar-refractivity contribution in [3.63, 3.8) is 0 Å². The second-order valence-electron chi connectivity index (χ2n) is 8.09. The molecule has 4 rings (SSSR count). The van der Waals surface area contributed by atoms with Gasteiger partial charge < -0.3 is 25.0 Å². The second kappa shape index (κ2) is 9.07. The number of likely N-dealkylation sites (tertiary alicyclic amines) is 1. The number of hydrogen-bond acceptors (Lipinski definition) is 7. The molecule has 0 aliphatic carbocycles. The molecule has 2 aromatic carbocycles. The lowest BCUT2D eigenvalue weighted by molar-refractivity contribution is -0.130. The summed E-state index contributed by atoms with van der Waals surface area (Å²) in [5, 5.41) is 30.9. The van der Waals surface area contributed by atoms with Crippen molar-refractivity contribution in [3.05, 3.63) is 50.5 Å². The predicted octanol–water partition coefficient (Wildman–Crippen LogP) is 2.93. The number of halogens is 2. The molecule has 0 radical (unpaired) electrons. The predicted molar refractivity (Wildman–Crippen MR) is 123 cm³/mol. The van der Waals surface area contributed by atoms with Gasteiger partial charge in [0.05, 0.1) is 23.7 Å². The lowest BCUT2D eigenvalue weighted by Gasteiger charge is -2.32. The minimum absolute atomic E-state index is 0.0267. The van der Waals surface area contributed by atoms with E-state index in [2.05, 4.69) is 26.8 Å². The summed E-state index contributed by atoms with van der Waals surface area (Å²) in [7, 11) is 1.46. The third kappa shape index (κ3) is 3.82. The van der Waals surface area contributed by atoms with Crippen LogP contribution in [0, 0.1) is 12.8 Å². The van der Waals surface area contributed by atoms with Crippen LogP contribution >= 0.6 is 27.5 Å². The first-order valence-electron chi connectivity index (χ1n) is 10.3. The van der Waals surface area contributed by atoms with Gasteiger partial charge in [0.2, 0.25) is 5.91 Å². The quantitative estimate of drug-likeness (QED) is 0.393. The van der Waals surface area contributed by atoms with Gasteiger partial charge in [-0.1, -0.05) is 11.6 Å². The van der Waals surface area contributed by atoms with Crippen LogP contribution in [0.4, 0.5) is 0 Å². The Labute approximate surface area is 199 Å². The zero-order valence-electron chi connectivity index (χ0n) is 17.6. The third-order valence-electron chi connectivity index (χ3n) is 6.23. The highest BCUT2D eigenvalue weighted by atomic mass is 79.9. The molecular formula is C22H25BrClN3O5. The molecule has 0 bridgehead atoms. The number of phenols is 2. The molecule has 0 aromatic heterocycles. The summed E-state index contributed by atoms with van der Waals surface area (Å²) < 4.78 is 5.77. The number of hydrazine groups is 1. The topological polar surface area (TPSA) is 114 Å². The molecule has 4 unspecified atom stereocenters. The molecule has 2 aromatic rings. The number of benzene rings is 2. The molecule has 8 nitrogen and oxygen atoms in total. The van der Waals surface area contributed by atoms with Crippen molar-refractivity contribution in [2.24, 2.45) is 5.92 Å². The molecule has 2 aliphatic heterocycles. The van der Waals surface area contributed by atoms with Crippen LogP contribution in [0.5, 0.6) is 17.2 Å². The van der Waals surface area contributed by atoms with Crippen molar-refractivity contribution in [2.75, 3.05) is 20.3 Å². The Hall–Kier alpha value is -2.04. The van der Waals surface area contributed by atoms with Gasteiger partial charge in [-0.3, -0.25) is 4.79 Å². The van der Waals surface area contributed by atoms with E-state index in [1.165, 1.54) is 7.11 Å². The Morgan fingerprint density at radius 3 is 2.59 bits per heavy atom. The molecule has 2 saturated heterocycles. The van der Waals surface area contributed by atoms with E-state index in [1.807, 2.05) is 6.92 Å². The van der Waals surface area contributed by atoms with Crippen LogP contribution in [0.3, 0.4) is 0 Å². The molecule has 172 valence electrons. The summed E-state index contributed by atoms with van der Waals surface area (Å²) >= 11 is 9.72. The first-order valence-corrected chi connectivity index (χ1v) is 11.4. The maximum Gasteiger partial charge on any atom is 0.242 e. The molecule has 2 aliphatic rings. The standard InChI is InChI=1S/C22H25BrClN3O5/c1-10-6-15(29)12(9-14(10)24)18-17-19(26-25-18)22(31)27(4-3-5-28)20(17)11-7-13(23)21(30)16(8-11)32-2/h6-9,17-20,25-26,28-30H,3-5H2,1-2H3. The number of carbonyl (C=O) groups excluding carboxylic acids is 1. The fraction of sp³-hybridized carbons (Fsp3) is 0.409. The van der Waals surface area contributed by atoms with E-state index in [0.29, 0.717) is 28.0 Å². The first-order chi connectivity index (χ1) is 15.3. The molecule has 1 amide bonds. The zero-order chi connectivity index (χ0) is 23.2. The summed E-state index contributed by atoms with van der Waals surface area (Å²) in [5.74, 6) is -0.0575. The number of aromatic hydroxyl groups is 2. The minimum Gasteiger partial charge on any atom is -0.508 e. The normalized spacial score (nSPS) is 24.8. The summed E-state index contributed by atoms with van der Waals surface area (Å²) in [6.45, 7) is 2.13. The lowest BCUT2D eigenvalue weighted by Crippen LogP contribution is -2.41. The van der Waals surface area contributed by atoms with Gasteiger partial charge >= 0.3 is 0 Å². The van der Waals surface area contributed by atoms with Crippen LogP contribution in [0.2, 0.25) is 5.02 Å². The molecular weight excluding hydrogens is 502 g/mol. The van der Waals surface area contributed by atoms with Crippen molar-refractivity contribution in [3.8, 4) is 17.2 Å². The van der Waals surface area contributed by atoms with Crippen molar-refractivity contribution >= 4 is 33.4 Å². The van der Waals surface area contributed by atoms with E-state index in [4.69, 9.17) is 16.3 Å². The van der Waals surface area contributed by atoms with E-state index in [0.717, 1.165) is 11.1 Å². The number of nitrogens with one attached hydrogen (secondary N) is 2. The van der Waals surface area contributed by atoms with Crippen LogP contribution in [-0.4, -0.2) is 52.4 Å². The minimum atomic E-state index is -0.540. The zero-order valence-corrected chi connectivity index (χ0v) is 19.9. The van der Waals surface area contributed by atoms with Crippen LogP contribution < -0.4 is 15.6 Å². The van der Waals surface area contributed by atoms with Crippen molar-refractivity contribution in [1.82, 2.24) is 15.8 Å². The summed E-state index contributed by atoms with van der Waals surface area (Å²) in [5.41, 5.74) is 8.36. The number of rotatable bonds is 6. The summed E-state index contributed by atoms with van der Waals surface area (Å²) in [6, 6.07) is 5.45. The van der Waals surface area contributed by atoms with Gasteiger partial charge in [-0.05, 0) is 64.7 Å². The average molecular weight is 527 g/mol. The van der Waals surface area contributed by atoms with Gasteiger partial charge in [-0.15, -0.1) is 0 Å². The van der Waals surface area contributed by atoms with E-state index in [9.17, 15) is 20.1 Å².